The van der Waals surface area contributed by atoms with Crippen molar-refractivity contribution in [2.24, 2.45) is 7.05 Å². The van der Waals surface area contributed by atoms with Crippen LogP contribution in [-0.2, 0) is 7.05 Å². The molecule has 1 saturated heterocycles. The molecule has 0 amide bonds. The molecule has 1 aliphatic rings. The average molecular weight is 458 g/mol. The number of aryl methyl sites for hydroxylation is 1. The summed E-state index contributed by atoms with van der Waals surface area (Å²) in [6, 6.07) is 3.50. The topological polar surface area (TPSA) is 85.9 Å². The van der Waals surface area contributed by atoms with E-state index in [-0.39, 0.29) is 13.0 Å². The lowest BCUT2D eigenvalue weighted by atomic mass is 10.3. The molecule has 9 nitrogen and oxygen atoms in total. The number of aromatic nitrogens is 6. The van der Waals surface area contributed by atoms with Crippen LogP contribution in [0.2, 0.25) is 0 Å². The predicted octanol–water partition coefficient (Wildman–Crippen LogP) is 3.52. The second kappa shape index (κ2) is 7.93. The predicted molar refractivity (Wildman–Crippen MR) is 118 cm³/mol. The van der Waals surface area contributed by atoms with E-state index in [0.29, 0.717) is 29.6 Å². The lowest BCUT2D eigenvalue weighted by Crippen LogP contribution is -2.24. The largest absolute Gasteiger partial charge is 0.479 e. The Hall–Kier alpha value is -3.41. The van der Waals surface area contributed by atoms with Crippen LogP contribution in [0.4, 0.5) is 20.2 Å². The zero-order valence-electron chi connectivity index (χ0n) is 17.4. The van der Waals surface area contributed by atoms with Crippen LogP contribution in [0, 0.1) is 0 Å². The Labute approximate surface area is 186 Å². The molecular formula is C20H20F2N8OS. The Bertz CT molecular complexity index is 1270. The van der Waals surface area contributed by atoms with Crippen molar-refractivity contribution in [3.63, 3.8) is 0 Å². The Morgan fingerprint density at radius 3 is 2.84 bits per heavy atom. The van der Waals surface area contributed by atoms with Gasteiger partial charge in [-0.25, -0.2) is 23.4 Å². The van der Waals surface area contributed by atoms with Crippen molar-refractivity contribution in [2.45, 2.75) is 17.2 Å². The lowest BCUT2D eigenvalue weighted by molar-refractivity contribution is 0.0257. The fraction of sp³-hybridized carbons (Fsp3) is 0.300. The molecule has 0 unspecified atom stereocenters. The third-order valence-corrected chi connectivity index (χ3v) is 6.01. The van der Waals surface area contributed by atoms with Crippen molar-refractivity contribution >= 4 is 34.2 Å². The number of anilines is 2. The molecule has 0 atom stereocenters. The summed E-state index contributed by atoms with van der Waals surface area (Å²) in [5.74, 6) is -1.65. The van der Waals surface area contributed by atoms with E-state index in [2.05, 4.69) is 24.9 Å². The maximum atomic E-state index is 13.6. The molecule has 32 heavy (non-hydrogen) atoms. The van der Waals surface area contributed by atoms with E-state index in [0.717, 1.165) is 15.8 Å². The average Bonchev–Trinajstić information content (AvgIpc) is 3.51. The van der Waals surface area contributed by atoms with E-state index in [9.17, 15) is 8.78 Å². The summed E-state index contributed by atoms with van der Waals surface area (Å²) >= 11 is 1.34. The number of fused-ring (bicyclic) bond motifs is 1. The van der Waals surface area contributed by atoms with E-state index >= 15 is 0 Å². The first-order valence-corrected chi connectivity index (χ1v) is 10.7. The summed E-state index contributed by atoms with van der Waals surface area (Å²) in [6.45, 7) is 0.0337. The van der Waals surface area contributed by atoms with Crippen LogP contribution in [0.25, 0.3) is 16.7 Å². The highest BCUT2D eigenvalue weighted by molar-refractivity contribution is 8.00. The molecule has 1 N–H and O–H groups in total. The molecule has 0 aliphatic carbocycles. The summed E-state index contributed by atoms with van der Waals surface area (Å²) in [5, 5.41) is 9.54. The minimum atomic E-state index is -2.66. The van der Waals surface area contributed by atoms with E-state index in [1.807, 2.05) is 13.2 Å². The van der Waals surface area contributed by atoms with Crippen molar-refractivity contribution in [1.29, 1.82) is 0 Å². The number of pyridine rings is 2. The normalized spacial score (nSPS) is 15.4. The van der Waals surface area contributed by atoms with Gasteiger partial charge in [0.15, 0.2) is 5.82 Å². The second-order valence-electron chi connectivity index (χ2n) is 7.44. The number of halogens is 2. The van der Waals surface area contributed by atoms with Crippen molar-refractivity contribution in [3.8, 4) is 11.7 Å². The highest BCUT2D eigenvalue weighted by atomic mass is 32.2. The van der Waals surface area contributed by atoms with Crippen molar-refractivity contribution in [2.75, 3.05) is 29.8 Å². The van der Waals surface area contributed by atoms with Gasteiger partial charge >= 0.3 is 0 Å². The van der Waals surface area contributed by atoms with Gasteiger partial charge in [-0.1, -0.05) is 0 Å². The van der Waals surface area contributed by atoms with Crippen LogP contribution >= 0.6 is 11.9 Å². The molecule has 4 aromatic rings. The Morgan fingerprint density at radius 2 is 2.06 bits per heavy atom. The van der Waals surface area contributed by atoms with Crippen LogP contribution in [0.1, 0.15) is 6.42 Å². The third-order valence-electron chi connectivity index (χ3n) is 5.26. The van der Waals surface area contributed by atoms with E-state index in [1.54, 1.807) is 58.3 Å². The van der Waals surface area contributed by atoms with E-state index in [1.165, 1.54) is 11.9 Å². The number of alkyl halides is 2. The van der Waals surface area contributed by atoms with Crippen LogP contribution in [0.3, 0.4) is 0 Å². The number of hydrogen-bond donors (Lipinski definition) is 1. The molecule has 4 aromatic heterocycles. The molecule has 5 heterocycles. The monoisotopic (exact) mass is 458 g/mol. The number of nitrogens with zero attached hydrogens (tertiary/aromatic N) is 7. The van der Waals surface area contributed by atoms with Crippen LogP contribution in [0.15, 0.2) is 48.0 Å². The zero-order valence-corrected chi connectivity index (χ0v) is 18.2. The van der Waals surface area contributed by atoms with Gasteiger partial charge in [-0.15, -0.1) is 0 Å². The second-order valence-corrected chi connectivity index (χ2v) is 8.32. The molecule has 12 heteroatoms. The Balaban J connectivity index is 1.35. The van der Waals surface area contributed by atoms with Gasteiger partial charge in [0.2, 0.25) is 5.88 Å². The molecule has 0 radical (unpaired) electrons. The van der Waals surface area contributed by atoms with E-state index < -0.39 is 5.92 Å². The molecular weight excluding hydrogens is 438 g/mol. The van der Waals surface area contributed by atoms with Gasteiger partial charge in [0.1, 0.15) is 5.69 Å². The minimum absolute atomic E-state index is 0.138. The quantitative estimate of drug-likeness (QED) is 0.440. The fourth-order valence-corrected chi connectivity index (χ4v) is 4.33. The minimum Gasteiger partial charge on any atom is -0.479 e. The summed E-state index contributed by atoms with van der Waals surface area (Å²) in [5.41, 5.74) is 2.28. The zero-order chi connectivity index (χ0) is 22.3. The Morgan fingerprint density at radius 1 is 1.19 bits per heavy atom. The van der Waals surface area contributed by atoms with Gasteiger partial charge in [-0.05, 0) is 18.0 Å². The first-order valence-electron chi connectivity index (χ1n) is 9.85. The summed E-state index contributed by atoms with van der Waals surface area (Å²) in [4.78, 5) is 11.1. The maximum absolute atomic E-state index is 13.6. The summed E-state index contributed by atoms with van der Waals surface area (Å²) < 4.78 is 39.2. The summed E-state index contributed by atoms with van der Waals surface area (Å²) in [6.07, 6.45) is 8.42. The summed E-state index contributed by atoms with van der Waals surface area (Å²) in [7, 11) is 3.41. The van der Waals surface area contributed by atoms with Crippen molar-refractivity contribution in [1.82, 2.24) is 29.5 Å². The van der Waals surface area contributed by atoms with Gasteiger partial charge in [0.05, 0.1) is 36.5 Å². The fourth-order valence-electron chi connectivity index (χ4n) is 3.68. The third kappa shape index (κ3) is 3.81. The van der Waals surface area contributed by atoms with Gasteiger partial charge in [0, 0.05) is 55.7 Å². The SMILES string of the molecule is COc1ncc2cnn(C)c2c1NSc1cnn(-c2cc(N3CCC(F)(F)C3)ccn2)c1. The van der Waals surface area contributed by atoms with Gasteiger partial charge in [-0.2, -0.15) is 10.2 Å². The molecule has 166 valence electrons. The number of hydrogen-bond acceptors (Lipinski definition) is 8. The standard InChI is InChI=1S/C20H20F2N8OS/c1-28-18-13(9-25-28)8-24-19(31-2)17(18)27-32-15-10-26-30(11-15)16-7-14(3-5-23-16)29-6-4-20(21,22)12-29/h3,5,7-11,27H,4,6,12H2,1-2H3. The first kappa shape index (κ1) is 20.5. The molecule has 1 fully saturated rings. The van der Waals surface area contributed by atoms with E-state index in [4.69, 9.17) is 4.74 Å². The first-order chi connectivity index (χ1) is 15.4. The smallest absolute Gasteiger partial charge is 0.266 e. The maximum Gasteiger partial charge on any atom is 0.266 e. The van der Waals surface area contributed by atoms with Crippen molar-refractivity contribution in [3.05, 3.63) is 43.1 Å². The van der Waals surface area contributed by atoms with Gasteiger partial charge in [0.25, 0.3) is 5.92 Å². The number of methoxy groups -OCH3 is 1. The molecule has 0 saturated carbocycles. The van der Waals surface area contributed by atoms with Gasteiger partial charge < -0.3 is 14.4 Å². The molecule has 0 spiro atoms. The molecule has 0 bridgehead atoms. The van der Waals surface area contributed by atoms with Crippen molar-refractivity contribution < 1.29 is 13.5 Å². The van der Waals surface area contributed by atoms with Crippen LogP contribution < -0.4 is 14.4 Å². The number of rotatable bonds is 6. The lowest BCUT2D eigenvalue weighted by Gasteiger charge is -2.18. The number of nitrogens with one attached hydrogen (secondary N) is 1. The Kier molecular flexibility index (Phi) is 5.08. The highest BCUT2D eigenvalue weighted by Gasteiger charge is 2.38. The van der Waals surface area contributed by atoms with Crippen LogP contribution in [-0.4, -0.2) is 55.7 Å². The molecule has 1 aliphatic heterocycles. The number of ether oxygens (including phenoxy) is 1. The van der Waals surface area contributed by atoms with Crippen LogP contribution in [0.5, 0.6) is 5.88 Å². The molecule has 5 rings (SSSR count). The molecule has 0 aromatic carbocycles. The van der Waals surface area contributed by atoms with Gasteiger partial charge in [-0.3, -0.25) is 4.68 Å². The highest BCUT2D eigenvalue weighted by Crippen LogP contribution is 2.34.